The Morgan fingerprint density at radius 3 is 2.79 bits per heavy atom. The molecule has 0 bridgehead atoms. The molecule has 0 fully saturated rings. The molecule has 1 heterocycles. The van der Waals surface area contributed by atoms with Gasteiger partial charge in [0.25, 0.3) is 5.91 Å². The first-order valence-electron chi connectivity index (χ1n) is 6.00. The predicted molar refractivity (Wildman–Crippen MR) is 81.2 cm³/mol. The van der Waals surface area contributed by atoms with Crippen LogP contribution in [0.1, 0.15) is 16.1 Å². The predicted octanol–water partition coefficient (Wildman–Crippen LogP) is 2.85. The van der Waals surface area contributed by atoms with Crippen LogP contribution in [0.2, 0.25) is 5.02 Å². The van der Waals surface area contributed by atoms with Crippen molar-refractivity contribution in [2.75, 3.05) is 12.3 Å². The van der Waals surface area contributed by atoms with Crippen molar-refractivity contribution in [2.45, 2.75) is 6.54 Å². The van der Waals surface area contributed by atoms with Crippen molar-refractivity contribution in [1.29, 1.82) is 0 Å². The van der Waals surface area contributed by atoms with Crippen molar-refractivity contribution in [3.63, 3.8) is 0 Å². The lowest BCUT2D eigenvalue weighted by atomic mass is 10.2. The van der Waals surface area contributed by atoms with Crippen LogP contribution in [-0.4, -0.2) is 22.8 Å². The van der Waals surface area contributed by atoms with E-state index in [0.717, 1.165) is 5.56 Å². The van der Waals surface area contributed by atoms with Crippen LogP contribution in [0.4, 0.5) is 0 Å². The second-order valence-electron chi connectivity index (χ2n) is 4.09. The van der Waals surface area contributed by atoms with E-state index in [4.69, 9.17) is 11.6 Å². The van der Waals surface area contributed by atoms with E-state index in [1.807, 2.05) is 41.1 Å². The Balaban J connectivity index is 2.16. The third kappa shape index (κ3) is 3.55. The van der Waals surface area contributed by atoms with E-state index >= 15 is 0 Å². The van der Waals surface area contributed by atoms with Gasteiger partial charge in [-0.15, -0.1) is 0 Å². The molecular formula is C14H15ClN2OS. The molecule has 5 heteroatoms. The van der Waals surface area contributed by atoms with Crippen LogP contribution in [0.5, 0.6) is 0 Å². The van der Waals surface area contributed by atoms with Crippen molar-refractivity contribution >= 4 is 30.1 Å². The van der Waals surface area contributed by atoms with Gasteiger partial charge in [0.2, 0.25) is 0 Å². The quantitative estimate of drug-likeness (QED) is 0.817. The number of hydrogen-bond acceptors (Lipinski definition) is 2. The number of carbonyl (C=O) groups excluding carboxylic acids is 1. The zero-order chi connectivity index (χ0) is 13.7. The van der Waals surface area contributed by atoms with Crippen LogP contribution < -0.4 is 5.32 Å². The summed E-state index contributed by atoms with van der Waals surface area (Å²) in [5.41, 5.74) is 1.62. The summed E-state index contributed by atoms with van der Waals surface area (Å²) in [5, 5.41) is 3.51. The molecule has 0 radical (unpaired) electrons. The normalized spacial score (nSPS) is 10.4. The van der Waals surface area contributed by atoms with Crippen molar-refractivity contribution < 1.29 is 4.79 Å². The minimum atomic E-state index is -0.0916. The number of rotatable bonds is 5. The summed E-state index contributed by atoms with van der Waals surface area (Å²) >= 11 is 10.2. The topological polar surface area (TPSA) is 34.0 Å². The lowest BCUT2D eigenvalue weighted by Crippen LogP contribution is -2.27. The van der Waals surface area contributed by atoms with E-state index in [0.29, 0.717) is 29.6 Å². The molecule has 0 saturated heterocycles. The Morgan fingerprint density at radius 1 is 1.26 bits per heavy atom. The van der Waals surface area contributed by atoms with Crippen LogP contribution in [0.3, 0.4) is 0 Å². The first-order valence-corrected chi connectivity index (χ1v) is 7.01. The summed E-state index contributed by atoms with van der Waals surface area (Å²) in [6, 6.07) is 11.3. The molecule has 100 valence electrons. The molecule has 1 aromatic heterocycles. The van der Waals surface area contributed by atoms with E-state index in [9.17, 15) is 4.79 Å². The smallest absolute Gasteiger partial charge is 0.267 e. The van der Waals surface area contributed by atoms with Crippen molar-refractivity contribution in [3.05, 3.63) is 58.9 Å². The summed E-state index contributed by atoms with van der Waals surface area (Å²) in [6.07, 6.45) is 1.87. The Kier molecular flexibility index (Phi) is 4.93. The largest absolute Gasteiger partial charge is 0.350 e. The third-order valence-corrected chi connectivity index (χ3v) is 3.35. The molecule has 19 heavy (non-hydrogen) atoms. The van der Waals surface area contributed by atoms with Gasteiger partial charge in [-0.1, -0.05) is 29.8 Å². The van der Waals surface area contributed by atoms with Gasteiger partial charge in [0.1, 0.15) is 5.69 Å². The highest BCUT2D eigenvalue weighted by atomic mass is 35.5. The summed E-state index contributed by atoms with van der Waals surface area (Å²) in [7, 11) is 0. The highest BCUT2D eigenvalue weighted by Gasteiger charge is 2.11. The molecule has 1 aromatic carbocycles. The van der Waals surface area contributed by atoms with Gasteiger partial charge in [0.15, 0.2) is 0 Å². The number of amides is 1. The Bertz CT molecular complexity index is 568. The number of nitrogens with zero attached hydrogens (tertiary/aromatic N) is 1. The zero-order valence-electron chi connectivity index (χ0n) is 10.3. The van der Waals surface area contributed by atoms with E-state index in [1.54, 1.807) is 6.07 Å². The van der Waals surface area contributed by atoms with Crippen LogP contribution in [-0.2, 0) is 6.54 Å². The Hall–Kier alpha value is -1.39. The molecule has 1 N–H and O–H groups in total. The number of halogens is 1. The molecule has 0 atom stereocenters. The number of carbonyl (C=O) groups is 1. The second kappa shape index (κ2) is 6.68. The van der Waals surface area contributed by atoms with Gasteiger partial charge in [-0.3, -0.25) is 4.79 Å². The molecule has 0 spiro atoms. The Labute approximate surface area is 123 Å². The average molecular weight is 295 g/mol. The monoisotopic (exact) mass is 294 g/mol. The molecule has 0 aliphatic carbocycles. The highest BCUT2D eigenvalue weighted by molar-refractivity contribution is 7.80. The van der Waals surface area contributed by atoms with Gasteiger partial charge >= 0.3 is 0 Å². The van der Waals surface area contributed by atoms with Crippen molar-refractivity contribution in [2.24, 2.45) is 0 Å². The molecule has 0 aliphatic heterocycles. The molecule has 2 aromatic rings. The maximum atomic E-state index is 12.0. The number of thiol groups is 1. The minimum Gasteiger partial charge on any atom is -0.350 e. The van der Waals surface area contributed by atoms with Gasteiger partial charge in [0, 0.05) is 30.1 Å². The molecule has 0 aliphatic rings. The molecule has 3 nitrogen and oxygen atoms in total. The lowest BCUT2D eigenvalue weighted by molar-refractivity contribution is 0.0947. The van der Waals surface area contributed by atoms with E-state index in [2.05, 4.69) is 17.9 Å². The SMILES string of the molecule is O=C(NCCS)c1cccn1Cc1ccccc1Cl. The summed E-state index contributed by atoms with van der Waals surface area (Å²) in [4.78, 5) is 12.0. The summed E-state index contributed by atoms with van der Waals surface area (Å²) < 4.78 is 1.88. The van der Waals surface area contributed by atoms with Gasteiger partial charge in [0.05, 0.1) is 0 Å². The van der Waals surface area contributed by atoms with Gasteiger partial charge in [-0.25, -0.2) is 0 Å². The number of hydrogen-bond donors (Lipinski definition) is 2. The van der Waals surface area contributed by atoms with Crippen molar-refractivity contribution in [3.8, 4) is 0 Å². The molecular weight excluding hydrogens is 280 g/mol. The van der Waals surface area contributed by atoms with Crippen LogP contribution in [0.25, 0.3) is 0 Å². The summed E-state index contributed by atoms with van der Waals surface area (Å²) in [6.45, 7) is 1.13. The first-order chi connectivity index (χ1) is 9.22. The molecule has 0 unspecified atom stereocenters. The van der Waals surface area contributed by atoms with Gasteiger partial charge < -0.3 is 9.88 Å². The van der Waals surface area contributed by atoms with E-state index < -0.39 is 0 Å². The maximum absolute atomic E-state index is 12.0. The van der Waals surface area contributed by atoms with E-state index in [1.165, 1.54) is 0 Å². The fourth-order valence-corrected chi connectivity index (χ4v) is 2.14. The number of aromatic nitrogens is 1. The zero-order valence-corrected chi connectivity index (χ0v) is 12.0. The van der Waals surface area contributed by atoms with Crippen LogP contribution >= 0.6 is 24.2 Å². The second-order valence-corrected chi connectivity index (χ2v) is 4.95. The van der Waals surface area contributed by atoms with Crippen LogP contribution in [0.15, 0.2) is 42.6 Å². The molecule has 0 saturated carbocycles. The van der Waals surface area contributed by atoms with Crippen molar-refractivity contribution in [1.82, 2.24) is 9.88 Å². The fraction of sp³-hybridized carbons (Fsp3) is 0.214. The van der Waals surface area contributed by atoms with Gasteiger partial charge in [-0.2, -0.15) is 12.6 Å². The first kappa shape index (κ1) is 14.0. The molecule has 2 rings (SSSR count). The minimum absolute atomic E-state index is 0.0916. The maximum Gasteiger partial charge on any atom is 0.267 e. The standard InChI is InChI=1S/C14H15ClN2OS/c15-12-5-2-1-4-11(12)10-17-8-3-6-13(17)14(18)16-7-9-19/h1-6,8,19H,7,9-10H2,(H,16,18). The lowest BCUT2D eigenvalue weighted by Gasteiger charge is -2.10. The number of nitrogens with one attached hydrogen (secondary N) is 1. The molecule has 1 amide bonds. The van der Waals surface area contributed by atoms with Crippen LogP contribution in [0, 0.1) is 0 Å². The summed E-state index contributed by atoms with van der Waals surface area (Å²) in [5.74, 6) is 0.530. The van der Waals surface area contributed by atoms with E-state index in [-0.39, 0.29) is 5.91 Å². The third-order valence-electron chi connectivity index (χ3n) is 2.76. The van der Waals surface area contributed by atoms with Gasteiger partial charge in [-0.05, 0) is 23.8 Å². The number of benzene rings is 1. The highest BCUT2D eigenvalue weighted by Crippen LogP contribution is 2.17. The Morgan fingerprint density at radius 2 is 2.05 bits per heavy atom. The average Bonchev–Trinajstić information content (AvgIpc) is 2.87. The fourth-order valence-electron chi connectivity index (χ4n) is 1.83.